The van der Waals surface area contributed by atoms with Gasteiger partial charge in [-0.15, -0.1) is 10.2 Å². The molecule has 1 heterocycles. The van der Waals surface area contributed by atoms with Gasteiger partial charge >= 0.3 is 5.97 Å². The molecule has 1 aliphatic carbocycles. The minimum absolute atomic E-state index is 0.153. The van der Waals surface area contributed by atoms with Crippen molar-refractivity contribution in [3.8, 4) is 0 Å². The second-order valence-corrected chi connectivity index (χ2v) is 5.38. The molecule has 0 aromatic carbocycles. The molecule has 0 amide bonds. The van der Waals surface area contributed by atoms with E-state index in [-0.39, 0.29) is 6.42 Å². The minimum atomic E-state index is -0.781. The molecule has 2 rings (SSSR count). The highest BCUT2D eigenvalue weighted by atomic mass is 16.4. The number of carboxylic acid groups (broad SMARTS) is 1. The van der Waals surface area contributed by atoms with E-state index in [1.807, 2.05) is 0 Å². The maximum atomic E-state index is 10.4. The predicted octanol–water partition coefficient (Wildman–Crippen LogP) is 2.99. The first kappa shape index (κ1) is 14.0. The van der Waals surface area contributed by atoms with Gasteiger partial charge in [0.1, 0.15) is 0 Å². The normalized spacial score (nSPS) is 16.6. The minimum Gasteiger partial charge on any atom is -0.481 e. The van der Waals surface area contributed by atoms with Crippen LogP contribution in [0.3, 0.4) is 0 Å². The van der Waals surface area contributed by atoms with E-state index < -0.39 is 5.97 Å². The maximum absolute atomic E-state index is 10.4. The van der Waals surface area contributed by atoms with Crippen molar-refractivity contribution in [1.29, 1.82) is 0 Å². The topological polar surface area (TPSA) is 76.2 Å². The van der Waals surface area contributed by atoms with Gasteiger partial charge in [-0.05, 0) is 18.8 Å². The summed E-state index contributed by atoms with van der Waals surface area (Å²) in [5.41, 5.74) is 0. The summed E-state index contributed by atoms with van der Waals surface area (Å²) in [6.45, 7) is 0. The Morgan fingerprint density at radius 2 is 1.84 bits per heavy atom. The van der Waals surface area contributed by atoms with E-state index in [0.717, 1.165) is 18.8 Å². The summed E-state index contributed by atoms with van der Waals surface area (Å²) in [6.07, 6.45) is 10.0. The first-order chi connectivity index (χ1) is 9.24. The molecule has 0 radical (unpaired) electrons. The molecule has 0 atom stereocenters. The summed E-state index contributed by atoms with van der Waals surface area (Å²) in [4.78, 5) is 10.4. The fourth-order valence-electron chi connectivity index (χ4n) is 2.68. The lowest BCUT2D eigenvalue weighted by Crippen LogP contribution is -2.07. The molecule has 1 aromatic heterocycles. The summed E-state index contributed by atoms with van der Waals surface area (Å²) in [6, 6.07) is 0. The molecular formula is C14H22N2O3. The molecule has 0 bridgehead atoms. The van der Waals surface area contributed by atoms with Crippen molar-refractivity contribution in [2.24, 2.45) is 5.92 Å². The van der Waals surface area contributed by atoms with Gasteiger partial charge in [-0.2, -0.15) is 0 Å². The van der Waals surface area contributed by atoms with Crippen LogP contribution in [0.4, 0.5) is 0 Å². The van der Waals surface area contributed by atoms with Crippen LogP contribution in [0, 0.1) is 5.92 Å². The molecule has 0 aliphatic heterocycles. The Morgan fingerprint density at radius 3 is 2.53 bits per heavy atom. The van der Waals surface area contributed by atoms with E-state index in [9.17, 15) is 4.79 Å². The average molecular weight is 266 g/mol. The van der Waals surface area contributed by atoms with Crippen molar-refractivity contribution in [2.75, 3.05) is 0 Å². The Balaban J connectivity index is 1.69. The molecule has 106 valence electrons. The Bertz CT molecular complexity index is 397. The van der Waals surface area contributed by atoms with E-state index in [0.29, 0.717) is 24.6 Å². The van der Waals surface area contributed by atoms with Crippen LogP contribution >= 0.6 is 0 Å². The predicted molar refractivity (Wildman–Crippen MR) is 69.8 cm³/mol. The number of nitrogens with zero attached hydrogens (tertiary/aromatic N) is 2. The van der Waals surface area contributed by atoms with E-state index in [2.05, 4.69) is 10.2 Å². The Morgan fingerprint density at radius 1 is 1.16 bits per heavy atom. The molecule has 5 nitrogen and oxygen atoms in total. The molecule has 1 aliphatic rings. The summed E-state index contributed by atoms with van der Waals surface area (Å²) in [7, 11) is 0. The van der Waals surface area contributed by atoms with Gasteiger partial charge in [0.2, 0.25) is 11.8 Å². The smallest absolute Gasteiger partial charge is 0.303 e. The standard InChI is InChI=1S/C14H22N2O3/c17-14(18)8-4-7-12-15-16-13(19-12)10-9-11-5-2-1-3-6-11/h11H,1-10H2,(H,17,18). The van der Waals surface area contributed by atoms with Crippen molar-refractivity contribution in [3.05, 3.63) is 11.8 Å². The van der Waals surface area contributed by atoms with Gasteiger partial charge in [-0.1, -0.05) is 32.1 Å². The molecule has 1 N–H and O–H groups in total. The number of carboxylic acids is 1. The van der Waals surface area contributed by atoms with Crippen molar-refractivity contribution >= 4 is 5.97 Å². The van der Waals surface area contributed by atoms with Gasteiger partial charge in [0.05, 0.1) is 0 Å². The number of carbonyl (C=O) groups is 1. The second-order valence-electron chi connectivity index (χ2n) is 5.38. The third-order valence-corrected chi connectivity index (χ3v) is 3.78. The lowest BCUT2D eigenvalue weighted by atomic mass is 9.86. The largest absolute Gasteiger partial charge is 0.481 e. The number of aliphatic carboxylic acids is 1. The first-order valence-electron chi connectivity index (χ1n) is 7.27. The highest BCUT2D eigenvalue weighted by Crippen LogP contribution is 2.27. The van der Waals surface area contributed by atoms with E-state index in [1.165, 1.54) is 32.1 Å². The van der Waals surface area contributed by atoms with Crippen LogP contribution in [0.1, 0.15) is 63.1 Å². The lowest BCUT2D eigenvalue weighted by Gasteiger charge is -2.20. The van der Waals surface area contributed by atoms with Crippen molar-refractivity contribution in [1.82, 2.24) is 10.2 Å². The van der Waals surface area contributed by atoms with E-state index >= 15 is 0 Å². The lowest BCUT2D eigenvalue weighted by molar-refractivity contribution is -0.137. The maximum Gasteiger partial charge on any atom is 0.303 e. The number of hydrogen-bond acceptors (Lipinski definition) is 4. The van der Waals surface area contributed by atoms with E-state index in [1.54, 1.807) is 0 Å². The molecule has 5 heteroatoms. The summed E-state index contributed by atoms with van der Waals surface area (Å²) in [5, 5.41) is 16.6. The SMILES string of the molecule is O=C(O)CCCc1nnc(CCC2CCCCC2)o1. The zero-order valence-corrected chi connectivity index (χ0v) is 11.3. The number of hydrogen-bond donors (Lipinski definition) is 1. The van der Waals surface area contributed by atoms with Crippen molar-refractivity contribution in [2.45, 2.75) is 64.2 Å². The molecule has 1 aromatic rings. The summed E-state index contributed by atoms with van der Waals surface area (Å²) >= 11 is 0. The first-order valence-corrected chi connectivity index (χ1v) is 7.27. The monoisotopic (exact) mass is 266 g/mol. The molecule has 1 fully saturated rings. The molecule has 1 saturated carbocycles. The quantitative estimate of drug-likeness (QED) is 0.821. The Labute approximate surface area is 113 Å². The molecule has 0 unspecified atom stereocenters. The number of aryl methyl sites for hydroxylation is 2. The molecule has 0 saturated heterocycles. The van der Waals surface area contributed by atoms with Crippen LogP contribution in [0.2, 0.25) is 0 Å². The third-order valence-electron chi connectivity index (χ3n) is 3.78. The van der Waals surface area contributed by atoms with Crippen LogP contribution in [0.15, 0.2) is 4.42 Å². The second kappa shape index (κ2) is 7.26. The Hall–Kier alpha value is -1.39. The van der Waals surface area contributed by atoms with Crippen LogP contribution in [-0.4, -0.2) is 21.3 Å². The van der Waals surface area contributed by atoms with Gasteiger partial charge in [-0.25, -0.2) is 0 Å². The fourth-order valence-corrected chi connectivity index (χ4v) is 2.68. The summed E-state index contributed by atoms with van der Waals surface area (Å²) < 4.78 is 5.54. The van der Waals surface area contributed by atoms with Crippen LogP contribution in [0.5, 0.6) is 0 Å². The van der Waals surface area contributed by atoms with Crippen molar-refractivity contribution < 1.29 is 14.3 Å². The van der Waals surface area contributed by atoms with Gasteiger partial charge < -0.3 is 9.52 Å². The molecular weight excluding hydrogens is 244 g/mol. The highest BCUT2D eigenvalue weighted by Gasteiger charge is 2.15. The van der Waals surface area contributed by atoms with Crippen molar-refractivity contribution in [3.63, 3.8) is 0 Å². The zero-order chi connectivity index (χ0) is 13.5. The van der Waals surface area contributed by atoms with E-state index in [4.69, 9.17) is 9.52 Å². The van der Waals surface area contributed by atoms with Crippen LogP contribution in [-0.2, 0) is 17.6 Å². The third kappa shape index (κ3) is 5.01. The average Bonchev–Trinajstić information content (AvgIpc) is 2.85. The van der Waals surface area contributed by atoms with Crippen LogP contribution < -0.4 is 0 Å². The van der Waals surface area contributed by atoms with Gasteiger partial charge in [0.15, 0.2) is 0 Å². The number of aromatic nitrogens is 2. The number of rotatable bonds is 7. The summed E-state index contributed by atoms with van der Waals surface area (Å²) in [5.74, 6) is 1.31. The van der Waals surface area contributed by atoms with Gasteiger partial charge in [-0.3, -0.25) is 4.79 Å². The molecule has 19 heavy (non-hydrogen) atoms. The van der Waals surface area contributed by atoms with Gasteiger partial charge in [0, 0.05) is 19.3 Å². The highest BCUT2D eigenvalue weighted by molar-refractivity contribution is 5.66. The van der Waals surface area contributed by atoms with Gasteiger partial charge in [0.25, 0.3) is 0 Å². The molecule has 0 spiro atoms. The zero-order valence-electron chi connectivity index (χ0n) is 11.3. The fraction of sp³-hybridized carbons (Fsp3) is 0.786. The Kier molecular flexibility index (Phi) is 5.36. The van der Waals surface area contributed by atoms with Crippen LogP contribution in [0.25, 0.3) is 0 Å².